The number of hydrogen-bond donors (Lipinski definition) is 2. The molecule has 0 radical (unpaired) electrons. The van der Waals surface area contributed by atoms with Crippen molar-refractivity contribution in [3.63, 3.8) is 0 Å². The number of hydrogen-bond acceptors (Lipinski definition) is 9. The summed E-state index contributed by atoms with van der Waals surface area (Å²) in [6, 6.07) is 9.42. The highest BCUT2D eigenvalue weighted by atomic mass is 79.9. The Morgan fingerprint density at radius 3 is 2.79 bits per heavy atom. The molecule has 0 bridgehead atoms. The van der Waals surface area contributed by atoms with Gasteiger partial charge in [-0.3, -0.25) is 9.69 Å². The van der Waals surface area contributed by atoms with Gasteiger partial charge in [-0.25, -0.2) is 9.97 Å². The number of fused-ring (bicyclic) bond motifs is 1. The van der Waals surface area contributed by atoms with E-state index in [1.54, 1.807) is 14.2 Å². The first-order valence-corrected chi connectivity index (χ1v) is 14.1. The van der Waals surface area contributed by atoms with E-state index >= 15 is 0 Å². The molecule has 2 saturated heterocycles. The van der Waals surface area contributed by atoms with Gasteiger partial charge in [-0.2, -0.15) is 0 Å². The Morgan fingerprint density at radius 2 is 2.00 bits per heavy atom. The Morgan fingerprint density at radius 1 is 1.15 bits per heavy atom. The largest absolute Gasteiger partial charge is 0.497 e. The Kier molecular flexibility index (Phi) is 9.00. The lowest BCUT2D eigenvalue weighted by Crippen LogP contribution is -2.43. The summed E-state index contributed by atoms with van der Waals surface area (Å²) in [6.07, 6.45) is 5.04. The second-order valence-electron chi connectivity index (χ2n) is 9.59. The molecule has 1 amide bonds. The van der Waals surface area contributed by atoms with Crippen LogP contribution in [0.2, 0.25) is 0 Å². The summed E-state index contributed by atoms with van der Waals surface area (Å²) in [5.74, 6) is 2.72. The van der Waals surface area contributed by atoms with E-state index in [2.05, 4.69) is 41.4 Å². The lowest BCUT2D eigenvalue weighted by molar-refractivity contribution is -0.125. The monoisotopic (exact) mass is 599 g/mol. The van der Waals surface area contributed by atoms with Gasteiger partial charge in [0, 0.05) is 49.1 Å². The number of rotatable bonds is 10. The van der Waals surface area contributed by atoms with Crippen molar-refractivity contribution in [3.05, 3.63) is 41.1 Å². The van der Waals surface area contributed by atoms with E-state index in [0.717, 1.165) is 53.5 Å². The van der Waals surface area contributed by atoms with Crippen LogP contribution in [0.25, 0.3) is 10.9 Å². The van der Waals surface area contributed by atoms with Crippen LogP contribution >= 0.6 is 15.9 Å². The van der Waals surface area contributed by atoms with Gasteiger partial charge in [-0.15, -0.1) is 0 Å². The number of halogens is 1. The zero-order valence-corrected chi connectivity index (χ0v) is 23.8. The number of carbonyl (C=O) groups excluding carboxylic acids is 1. The van der Waals surface area contributed by atoms with Crippen LogP contribution < -0.4 is 24.8 Å². The molecule has 2 aliphatic heterocycles. The van der Waals surface area contributed by atoms with Crippen molar-refractivity contribution in [3.8, 4) is 17.2 Å². The molecule has 0 spiro atoms. The van der Waals surface area contributed by atoms with Crippen molar-refractivity contribution in [1.82, 2.24) is 20.2 Å². The number of likely N-dealkylation sites (N-methyl/N-ethyl adjacent to an activating group) is 1. The molecule has 0 unspecified atom stereocenters. The lowest BCUT2D eigenvalue weighted by atomic mass is 10.1. The smallest absolute Gasteiger partial charge is 0.237 e. The van der Waals surface area contributed by atoms with Gasteiger partial charge in [0.2, 0.25) is 5.91 Å². The number of likely N-dealkylation sites (tertiary alicyclic amines) is 1. The predicted octanol–water partition coefficient (Wildman–Crippen LogP) is 4.29. The molecule has 5 rings (SSSR count). The number of nitrogens with zero attached hydrogens (tertiary/aromatic N) is 3. The van der Waals surface area contributed by atoms with Crippen LogP contribution in [0.3, 0.4) is 0 Å². The Bertz CT molecular complexity index is 1300. The molecule has 0 aliphatic carbocycles. The highest BCUT2D eigenvalue weighted by molar-refractivity contribution is 9.10. The minimum absolute atomic E-state index is 0.0201. The van der Waals surface area contributed by atoms with Crippen molar-refractivity contribution >= 4 is 44.2 Å². The van der Waals surface area contributed by atoms with Crippen molar-refractivity contribution in [1.29, 1.82) is 0 Å². The fraction of sp³-hybridized carbons (Fsp3) is 0.464. The van der Waals surface area contributed by atoms with Gasteiger partial charge in [0.25, 0.3) is 0 Å². The molecule has 1 aromatic heterocycles. The summed E-state index contributed by atoms with van der Waals surface area (Å²) in [6.45, 7) is 3.33. The SMILES string of the molecule is CNC(=O)[C@@H]1CCCN1CCOc1cc(OC2CCOCC2)c2c(Nc3cc(OC)ccc3Br)ncnc2c1. The number of aromatic nitrogens is 2. The fourth-order valence-corrected chi connectivity index (χ4v) is 5.41. The molecule has 2 aromatic carbocycles. The van der Waals surface area contributed by atoms with Gasteiger partial charge >= 0.3 is 0 Å². The summed E-state index contributed by atoms with van der Waals surface area (Å²) >= 11 is 3.61. The van der Waals surface area contributed by atoms with Crippen molar-refractivity contribution in [2.45, 2.75) is 37.8 Å². The van der Waals surface area contributed by atoms with Crippen LogP contribution in [0, 0.1) is 0 Å². The van der Waals surface area contributed by atoms with Gasteiger partial charge < -0.3 is 29.6 Å². The first-order valence-electron chi connectivity index (χ1n) is 13.3. The molecule has 2 fully saturated rings. The van der Waals surface area contributed by atoms with E-state index in [9.17, 15) is 4.79 Å². The molecule has 0 saturated carbocycles. The standard InChI is InChI=1S/C28H34BrN5O5/c1-30-28(35)24-4-3-9-34(24)10-13-38-20-15-23-26(25(16-20)39-18-7-11-37-12-8-18)27(32-17-31-23)33-22-14-19(36-2)5-6-21(22)29/h5-6,14-18,24H,3-4,7-13H2,1-2H3,(H,30,35)(H,31,32,33)/t24-/m0/s1. The maximum absolute atomic E-state index is 12.2. The molecule has 11 heteroatoms. The van der Waals surface area contributed by atoms with Gasteiger partial charge in [-0.1, -0.05) is 0 Å². The highest BCUT2D eigenvalue weighted by Crippen LogP contribution is 2.38. The minimum Gasteiger partial charge on any atom is -0.497 e. The summed E-state index contributed by atoms with van der Waals surface area (Å²) in [7, 11) is 3.32. The number of amides is 1. The summed E-state index contributed by atoms with van der Waals surface area (Å²) < 4.78 is 24.5. The topological polar surface area (TPSA) is 107 Å². The average molecular weight is 601 g/mol. The molecule has 2 N–H and O–H groups in total. The summed E-state index contributed by atoms with van der Waals surface area (Å²) in [5.41, 5.74) is 1.51. The molecule has 3 heterocycles. The molecular formula is C28H34BrN5O5. The van der Waals surface area contributed by atoms with Crippen molar-refractivity contribution in [2.75, 3.05) is 52.4 Å². The van der Waals surface area contributed by atoms with Gasteiger partial charge in [-0.05, 0) is 47.4 Å². The Hall–Kier alpha value is -3.15. The van der Waals surface area contributed by atoms with Crippen LogP contribution in [0.4, 0.5) is 11.5 Å². The third-order valence-corrected chi connectivity index (χ3v) is 7.82. The van der Waals surface area contributed by atoms with E-state index < -0.39 is 0 Å². The second-order valence-corrected chi connectivity index (χ2v) is 10.4. The van der Waals surface area contributed by atoms with Crippen LogP contribution in [-0.2, 0) is 9.53 Å². The zero-order valence-electron chi connectivity index (χ0n) is 22.2. The molecule has 1 atom stereocenters. The molecule has 208 valence electrons. The quantitative estimate of drug-likeness (QED) is 0.353. The molecule has 10 nitrogen and oxygen atoms in total. The molecular weight excluding hydrogens is 566 g/mol. The van der Waals surface area contributed by atoms with E-state index in [4.69, 9.17) is 18.9 Å². The first-order chi connectivity index (χ1) is 19.1. The van der Waals surface area contributed by atoms with Gasteiger partial charge in [0.05, 0.1) is 43.0 Å². The molecule has 2 aliphatic rings. The van der Waals surface area contributed by atoms with E-state index in [1.165, 1.54) is 6.33 Å². The number of ether oxygens (including phenoxy) is 4. The molecule has 39 heavy (non-hydrogen) atoms. The number of anilines is 2. The Labute approximate surface area is 236 Å². The third kappa shape index (κ3) is 6.54. The van der Waals surface area contributed by atoms with Crippen LogP contribution in [0.15, 0.2) is 41.1 Å². The number of carbonyl (C=O) groups is 1. The zero-order chi connectivity index (χ0) is 27.2. The highest BCUT2D eigenvalue weighted by Gasteiger charge is 2.29. The van der Waals surface area contributed by atoms with E-state index in [1.807, 2.05) is 30.3 Å². The van der Waals surface area contributed by atoms with E-state index in [0.29, 0.717) is 49.2 Å². The van der Waals surface area contributed by atoms with Crippen molar-refractivity contribution in [2.24, 2.45) is 0 Å². The second kappa shape index (κ2) is 12.8. The van der Waals surface area contributed by atoms with Crippen LogP contribution in [0.1, 0.15) is 25.7 Å². The maximum Gasteiger partial charge on any atom is 0.237 e. The third-order valence-electron chi connectivity index (χ3n) is 7.12. The first kappa shape index (κ1) is 27.4. The average Bonchev–Trinajstić information content (AvgIpc) is 3.43. The minimum atomic E-state index is -0.0973. The predicted molar refractivity (Wildman–Crippen MR) is 152 cm³/mol. The number of benzene rings is 2. The summed E-state index contributed by atoms with van der Waals surface area (Å²) in [4.78, 5) is 23.5. The lowest BCUT2D eigenvalue weighted by Gasteiger charge is -2.25. The fourth-order valence-electron chi connectivity index (χ4n) is 5.07. The van der Waals surface area contributed by atoms with Crippen LogP contribution in [0.5, 0.6) is 17.2 Å². The van der Waals surface area contributed by atoms with Crippen LogP contribution in [-0.4, -0.2) is 80.0 Å². The van der Waals surface area contributed by atoms with E-state index in [-0.39, 0.29) is 18.1 Å². The van der Waals surface area contributed by atoms with Gasteiger partial charge in [0.1, 0.15) is 42.1 Å². The molecule has 3 aromatic rings. The van der Waals surface area contributed by atoms with Crippen molar-refractivity contribution < 1.29 is 23.7 Å². The Balaban J connectivity index is 1.42. The number of nitrogens with one attached hydrogen (secondary N) is 2. The maximum atomic E-state index is 12.2. The number of methoxy groups -OCH3 is 1. The van der Waals surface area contributed by atoms with Gasteiger partial charge in [0.15, 0.2) is 0 Å². The summed E-state index contributed by atoms with van der Waals surface area (Å²) in [5, 5.41) is 6.96. The normalized spacial score (nSPS) is 18.2.